The minimum atomic E-state index is 0.558. The molecule has 1 heteroatoms. The molecule has 144 valence electrons. The highest BCUT2D eigenvalue weighted by molar-refractivity contribution is 5.36. The summed E-state index contributed by atoms with van der Waals surface area (Å²) in [7, 11) is 0. The summed E-state index contributed by atoms with van der Waals surface area (Å²) in [5.74, 6) is 3.63. The van der Waals surface area contributed by atoms with Crippen molar-refractivity contribution in [3.8, 4) is 0 Å². The van der Waals surface area contributed by atoms with Gasteiger partial charge >= 0.3 is 0 Å². The van der Waals surface area contributed by atoms with Crippen molar-refractivity contribution in [3.63, 3.8) is 0 Å². The Labute approximate surface area is 160 Å². The molecule has 1 aromatic rings. The van der Waals surface area contributed by atoms with E-state index in [0.717, 1.165) is 36.7 Å². The summed E-state index contributed by atoms with van der Waals surface area (Å²) in [4.78, 5) is 0. The molecule has 0 spiro atoms. The fraction of sp³-hybridized carbons (Fsp3) is 0.760. The minimum absolute atomic E-state index is 0.558. The summed E-state index contributed by atoms with van der Waals surface area (Å²) in [6, 6.07) is 7.56. The fourth-order valence-corrected chi connectivity index (χ4v) is 6.04. The minimum Gasteiger partial charge on any atom is -0.378 e. The largest absolute Gasteiger partial charge is 0.378 e. The van der Waals surface area contributed by atoms with Gasteiger partial charge in [0, 0.05) is 6.61 Å². The second-order valence-corrected chi connectivity index (χ2v) is 9.38. The normalized spacial score (nSPS) is 34.2. The number of hydrogen-bond acceptors (Lipinski definition) is 1. The first-order valence-electron chi connectivity index (χ1n) is 11.5. The van der Waals surface area contributed by atoms with Crippen molar-refractivity contribution in [2.24, 2.45) is 17.8 Å². The molecule has 3 aliphatic rings. The highest BCUT2D eigenvalue weighted by atomic mass is 16.5. The van der Waals surface area contributed by atoms with Crippen LogP contribution in [-0.4, -0.2) is 12.7 Å². The number of rotatable bonds is 5. The lowest BCUT2D eigenvalue weighted by Crippen LogP contribution is -2.34. The van der Waals surface area contributed by atoms with E-state index in [1.165, 1.54) is 64.2 Å². The van der Waals surface area contributed by atoms with Gasteiger partial charge in [-0.2, -0.15) is 0 Å². The summed E-state index contributed by atoms with van der Waals surface area (Å²) < 4.78 is 6.07. The van der Waals surface area contributed by atoms with Crippen LogP contribution < -0.4 is 0 Å². The fourth-order valence-electron chi connectivity index (χ4n) is 6.04. The van der Waals surface area contributed by atoms with Crippen LogP contribution in [0.1, 0.15) is 94.2 Å². The Morgan fingerprint density at radius 2 is 1.77 bits per heavy atom. The van der Waals surface area contributed by atoms with Crippen molar-refractivity contribution in [1.82, 2.24) is 0 Å². The SMILES string of the molecule is CCCOC1CCC2CC(c3ccc4c(c3)CCC(CC)C4)CCC2C1. The van der Waals surface area contributed by atoms with Gasteiger partial charge in [-0.25, -0.2) is 0 Å². The monoisotopic (exact) mass is 354 g/mol. The van der Waals surface area contributed by atoms with Gasteiger partial charge in [0.05, 0.1) is 6.10 Å². The third-order valence-corrected chi connectivity index (χ3v) is 7.73. The molecule has 0 saturated heterocycles. The van der Waals surface area contributed by atoms with E-state index in [1.54, 1.807) is 16.7 Å². The number of ether oxygens (including phenoxy) is 1. The first-order valence-corrected chi connectivity index (χ1v) is 11.5. The maximum atomic E-state index is 6.07. The standard InChI is InChI=1S/C25H38O/c1-3-13-26-25-12-11-23-16-22(9-10-24(23)17-25)21-8-7-19-14-18(4-2)5-6-20(19)15-21/h7-8,15,18,22-25H,3-6,9-14,16-17H2,1-2H3. The zero-order chi connectivity index (χ0) is 17.9. The highest BCUT2D eigenvalue weighted by Gasteiger charge is 2.36. The molecule has 5 atom stereocenters. The van der Waals surface area contributed by atoms with E-state index in [9.17, 15) is 0 Å². The third kappa shape index (κ3) is 4.03. The van der Waals surface area contributed by atoms with Crippen LogP contribution in [0.3, 0.4) is 0 Å². The van der Waals surface area contributed by atoms with Crippen LogP contribution in [0.15, 0.2) is 18.2 Å². The van der Waals surface area contributed by atoms with Crippen LogP contribution in [0.2, 0.25) is 0 Å². The Balaban J connectivity index is 1.37. The van der Waals surface area contributed by atoms with Crippen molar-refractivity contribution in [2.75, 3.05) is 6.61 Å². The van der Waals surface area contributed by atoms with E-state index in [2.05, 4.69) is 32.0 Å². The van der Waals surface area contributed by atoms with Crippen molar-refractivity contribution < 1.29 is 4.74 Å². The molecule has 0 N–H and O–H groups in total. The molecular weight excluding hydrogens is 316 g/mol. The Morgan fingerprint density at radius 1 is 0.923 bits per heavy atom. The van der Waals surface area contributed by atoms with Gasteiger partial charge in [0.15, 0.2) is 0 Å². The van der Waals surface area contributed by atoms with Gasteiger partial charge in [-0.1, -0.05) is 38.5 Å². The number of aryl methyl sites for hydroxylation is 1. The average molecular weight is 355 g/mol. The molecule has 3 aliphatic carbocycles. The molecule has 1 aromatic carbocycles. The second kappa shape index (κ2) is 8.46. The summed E-state index contributed by atoms with van der Waals surface area (Å²) in [5.41, 5.74) is 4.97. The predicted molar refractivity (Wildman–Crippen MR) is 110 cm³/mol. The number of hydrogen-bond donors (Lipinski definition) is 0. The van der Waals surface area contributed by atoms with Crippen molar-refractivity contribution >= 4 is 0 Å². The lowest BCUT2D eigenvalue weighted by atomic mass is 9.65. The molecule has 2 fully saturated rings. The van der Waals surface area contributed by atoms with Crippen molar-refractivity contribution in [3.05, 3.63) is 34.9 Å². The van der Waals surface area contributed by atoms with Crippen LogP contribution in [0.4, 0.5) is 0 Å². The Bertz CT molecular complexity index is 592. The molecule has 5 unspecified atom stereocenters. The lowest BCUT2D eigenvalue weighted by molar-refractivity contribution is -0.0147. The van der Waals surface area contributed by atoms with E-state index < -0.39 is 0 Å². The van der Waals surface area contributed by atoms with Gasteiger partial charge in [0.25, 0.3) is 0 Å². The van der Waals surface area contributed by atoms with E-state index in [1.807, 2.05) is 0 Å². The molecule has 2 saturated carbocycles. The van der Waals surface area contributed by atoms with E-state index in [-0.39, 0.29) is 0 Å². The molecule has 0 aliphatic heterocycles. The van der Waals surface area contributed by atoms with Crippen molar-refractivity contribution in [2.45, 2.75) is 96.5 Å². The second-order valence-electron chi connectivity index (χ2n) is 9.38. The number of benzene rings is 1. The van der Waals surface area contributed by atoms with E-state index >= 15 is 0 Å². The van der Waals surface area contributed by atoms with E-state index in [0.29, 0.717) is 6.10 Å². The molecule has 26 heavy (non-hydrogen) atoms. The molecule has 0 aromatic heterocycles. The topological polar surface area (TPSA) is 9.23 Å². The van der Waals surface area contributed by atoms with Crippen molar-refractivity contribution in [1.29, 1.82) is 0 Å². The Kier molecular flexibility index (Phi) is 6.03. The van der Waals surface area contributed by atoms with Crippen LogP contribution in [-0.2, 0) is 17.6 Å². The third-order valence-electron chi connectivity index (χ3n) is 7.73. The Morgan fingerprint density at radius 3 is 2.62 bits per heavy atom. The zero-order valence-corrected chi connectivity index (χ0v) is 17.0. The van der Waals surface area contributed by atoms with Gasteiger partial charge in [-0.15, -0.1) is 0 Å². The van der Waals surface area contributed by atoms with Gasteiger partial charge in [-0.3, -0.25) is 0 Å². The first kappa shape index (κ1) is 18.5. The molecular formula is C25H38O. The lowest BCUT2D eigenvalue weighted by Gasteiger charge is -2.42. The molecule has 4 rings (SSSR count). The summed E-state index contributed by atoms with van der Waals surface area (Å²) >= 11 is 0. The number of fused-ring (bicyclic) bond motifs is 2. The quantitative estimate of drug-likeness (QED) is 0.573. The summed E-state index contributed by atoms with van der Waals surface area (Å²) in [6.45, 7) is 5.53. The summed E-state index contributed by atoms with van der Waals surface area (Å²) in [6.07, 6.45) is 15.4. The Hall–Kier alpha value is -0.820. The molecule has 0 radical (unpaired) electrons. The summed E-state index contributed by atoms with van der Waals surface area (Å²) in [5, 5.41) is 0. The van der Waals surface area contributed by atoms with Gasteiger partial charge in [0.1, 0.15) is 0 Å². The highest BCUT2D eigenvalue weighted by Crippen LogP contribution is 2.47. The van der Waals surface area contributed by atoms with Crippen LogP contribution in [0.5, 0.6) is 0 Å². The molecule has 0 heterocycles. The van der Waals surface area contributed by atoms with Gasteiger partial charge in [0.2, 0.25) is 0 Å². The van der Waals surface area contributed by atoms with E-state index in [4.69, 9.17) is 4.74 Å². The molecule has 1 nitrogen and oxygen atoms in total. The maximum Gasteiger partial charge on any atom is 0.0578 e. The van der Waals surface area contributed by atoms with Crippen LogP contribution >= 0.6 is 0 Å². The molecule has 0 bridgehead atoms. The maximum absolute atomic E-state index is 6.07. The molecule has 0 amide bonds. The average Bonchev–Trinajstić information content (AvgIpc) is 2.70. The van der Waals surface area contributed by atoms with Gasteiger partial charge in [-0.05, 0) is 105 Å². The first-order chi connectivity index (χ1) is 12.8. The van der Waals surface area contributed by atoms with Crippen LogP contribution in [0, 0.1) is 17.8 Å². The van der Waals surface area contributed by atoms with Gasteiger partial charge < -0.3 is 4.74 Å². The smallest absolute Gasteiger partial charge is 0.0578 e. The zero-order valence-electron chi connectivity index (χ0n) is 17.0. The predicted octanol–water partition coefficient (Wildman–Crippen LogP) is 6.68. The van der Waals surface area contributed by atoms with Crippen LogP contribution in [0.25, 0.3) is 0 Å².